The number of para-hydroxylation sites is 2. The van der Waals surface area contributed by atoms with Crippen LogP contribution in [0, 0.1) is 0 Å². The number of piperidine rings is 1. The average molecular weight is 431 g/mol. The number of halogens is 1. The number of imidazole rings is 1. The molecular formula is C23H25ClN4O2. The number of aryl methyl sites for hydroxylation is 1. The van der Waals surface area contributed by atoms with E-state index in [1.165, 1.54) is 4.57 Å². The van der Waals surface area contributed by atoms with Gasteiger partial charge in [0.05, 0.1) is 22.9 Å². The van der Waals surface area contributed by atoms with Gasteiger partial charge in [0.2, 0.25) is 5.91 Å². The summed E-state index contributed by atoms with van der Waals surface area (Å²) in [4.78, 5) is 31.2. The molecule has 0 bridgehead atoms. The number of hydrogen-bond donors (Lipinski definition) is 1. The molecular weight excluding hydrogens is 400 g/mol. The van der Waals surface area contributed by atoms with E-state index in [9.17, 15) is 9.59 Å². The van der Waals surface area contributed by atoms with E-state index in [1.54, 1.807) is 11.0 Å². The highest BCUT2D eigenvalue weighted by molar-refractivity contribution is 6.30. The molecule has 2 aromatic carbocycles. The average Bonchev–Trinajstić information content (AvgIpc) is 3.35. The second-order valence-electron chi connectivity index (χ2n) is 7.65. The number of carbonyl (C=O) groups is 1. The molecule has 0 saturated carbocycles. The fraction of sp³-hybridized carbons (Fsp3) is 0.391. The fourth-order valence-electron chi connectivity index (χ4n) is 4.40. The van der Waals surface area contributed by atoms with E-state index in [4.69, 9.17) is 19.8 Å². The standard InChI is InChI=1S/C23H25ClN4O2/c24-17-6-7-20-16(14-17)15-22(29)28(20)18-8-12-26(13-9-18)10-3-11-27-21-5-2-1-4-19(21)25-23(27)30/h1-2,4-7,14,18H,3,8-13,15H2,(H,25,30)/i1D,2D,4D,5D,10D2. The second-order valence-corrected chi connectivity index (χ2v) is 8.08. The molecule has 2 aliphatic heterocycles. The van der Waals surface area contributed by atoms with Gasteiger partial charge in [-0.15, -0.1) is 0 Å². The smallest absolute Gasteiger partial charge is 0.309 e. The molecule has 2 aliphatic rings. The lowest BCUT2D eigenvalue weighted by Gasteiger charge is -2.37. The third-order valence-electron chi connectivity index (χ3n) is 5.83. The molecule has 3 aromatic rings. The van der Waals surface area contributed by atoms with Crippen LogP contribution in [0.4, 0.5) is 5.69 Å². The normalized spacial score (nSPS) is 21.1. The van der Waals surface area contributed by atoms with Crippen molar-refractivity contribution >= 4 is 34.2 Å². The summed E-state index contributed by atoms with van der Waals surface area (Å²) in [5.74, 6) is 0.0250. The van der Waals surface area contributed by atoms with Crippen LogP contribution < -0.4 is 10.6 Å². The number of benzene rings is 2. The Balaban J connectivity index is 1.29. The van der Waals surface area contributed by atoms with Crippen LogP contribution in [0.1, 0.15) is 33.1 Å². The van der Waals surface area contributed by atoms with E-state index < -0.39 is 24.3 Å². The minimum absolute atomic E-state index is 0.0178. The van der Waals surface area contributed by atoms with Crippen LogP contribution in [-0.4, -0.2) is 46.0 Å². The third kappa shape index (κ3) is 3.55. The quantitative estimate of drug-likeness (QED) is 0.674. The molecule has 7 heteroatoms. The van der Waals surface area contributed by atoms with Crippen molar-refractivity contribution in [3.8, 4) is 0 Å². The minimum atomic E-state index is -1.75. The van der Waals surface area contributed by atoms with Crippen LogP contribution in [0.15, 0.2) is 47.2 Å². The van der Waals surface area contributed by atoms with Gasteiger partial charge in [0.15, 0.2) is 0 Å². The maximum atomic E-state index is 12.7. The zero-order valence-corrected chi connectivity index (χ0v) is 17.1. The molecule has 0 radical (unpaired) electrons. The van der Waals surface area contributed by atoms with Crippen LogP contribution in [-0.2, 0) is 17.8 Å². The van der Waals surface area contributed by atoms with Gasteiger partial charge < -0.3 is 14.8 Å². The maximum Gasteiger partial charge on any atom is 0.326 e. The fourth-order valence-corrected chi connectivity index (χ4v) is 4.60. The molecule has 0 aliphatic carbocycles. The molecule has 1 saturated heterocycles. The number of amides is 1. The topological polar surface area (TPSA) is 61.3 Å². The van der Waals surface area contributed by atoms with Gasteiger partial charge in [-0.3, -0.25) is 9.36 Å². The van der Waals surface area contributed by atoms with Crippen LogP contribution in [0.2, 0.25) is 5.02 Å². The van der Waals surface area contributed by atoms with Gasteiger partial charge in [-0.25, -0.2) is 4.79 Å². The van der Waals surface area contributed by atoms with Crippen LogP contribution in [0.5, 0.6) is 0 Å². The van der Waals surface area contributed by atoms with E-state index >= 15 is 0 Å². The van der Waals surface area contributed by atoms with Gasteiger partial charge in [0.1, 0.15) is 0 Å². The van der Waals surface area contributed by atoms with Crippen molar-refractivity contribution in [2.45, 2.75) is 38.3 Å². The summed E-state index contributed by atoms with van der Waals surface area (Å²) < 4.78 is 50.4. The van der Waals surface area contributed by atoms with Crippen LogP contribution >= 0.6 is 11.6 Å². The van der Waals surface area contributed by atoms with E-state index in [0.29, 0.717) is 37.4 Å². The van der Waals surface area contributed by atoms with Gasteiger partial charge >= 0.3 is 5.69 Å². The lowest BCUT2D eigenvalue weighted by Crippen LogP contribution is -2.46. The second kappa shape index (κ2) is 7.93. The van der Waals surface area contributed by atoms with E-state index in [2.05, 4.69) is 4.98 Å². The Hall–Kier alpha value is -2.57. The molecule has 1 N–H and O–H groups in total. The number of anilines is 1. The summed E-state index contributed by atoms with van der Waals surface area (Å²) in [5, 5.41) is 0.594. The highest BCUT2D eigenvalue weighted by Gasteiger charge is 2.34. The highest BCUT2D eigenvalue weighted by Crippen LogP contribution is 2.35. The van der Waals surface area contributed by atoms with Crippen molar-refractivity contribution < 1.29 is 13.0 Å². The number of likely N-dealkylation sites (tertiary alicyclic amines) is 1. The number of aromatic nitrogens is 2. The number of nitrogens with zero attached hydrogens (tertiary/aromatic N) is 3. The number of aromatic amines is 1. The zero-order chi connectivity index (χ0) is 25.9. The maximum absolute atomic E-state index is 12.7. The first-order valence-electron chi connectivity index (χ1n) is 13.0. The number of carbonyl (C=O) groups excluding carboxylic acids is 1. The van der Waals surface area contributed by atoms with Crippen LogP contribution in [0.25, 0.3) is 11.0 Å². The number of nitrogens with one attached hydrogen (secondary N) is 1. The number of fused-ring (bicyclic) bond motifs is 2. The minimum Gasteiger partial charge on any atom is -0.309 e. The van der Waals surface area contributed by atoms with Crippen molar-refractivity contribution in [2.24, 2.45) is 0 Å². The van der Waals surface area contributed by atoms with Crippen molar-refractivity contribution in [3.05, 3.63) is 63.4 Å². The summed E-state index contributed by atoms with van der Waals surface area (Å²) in [6.45, 7) is -0.925. The van der Waals surface area contributed by atoms with Crippen molar-refractivity contribution in [2.75, 3.05) is 24.5 Å². The lowest BCUT2D eigenvalue weighted by atomic mass is 10.0. The van der Waals surface area contributed by atoms with Gasteiger partial charge in [-0.05, 0) is 61.6 Å². The first-order chi connectivity index (χ1) is 17.0. The monoisotopic (exact) mass is 430 g/mol. The number of rotatable bonds is 5. The van der Waals surface area contributed by atoms with E-state index in [-0.39, 0.29) is 48.0 Å². The first kappa shape index (κ1) is 13.7. The number of hydrogen-bond acceptors (Lipinski definition) is 3. The first-order valence-corrected chi connectivity index (χ1v) is 10.4. The summed E-state index contributed by atoms with van der Waals surface area (Å²) >= 11 is 6.07. The molecule has 0 unspecified atom stereocenters. The zero-order valence-electron chi connectivity index (χ0n) is 22.3. The molecule has 30 heavy (non-hydrogen) atoms. The Labute approximate surface area is 188 Å². The molecule has 3 heterocycles. The largest absolute Gasteiger partial charge is 0.326 e. The summed E-state index contributed by atoms with van der Waals surface area (Å²) in [6.07, 6.45) is 1.48. The van der Waals surface area contributed by atoms with E-state index in [0.717, 1.165) is 11.3 Å². The van der Waals surface area contributed by atoms with Gasteiger partial charge in [0.25, 0.3) is 0 Å². The molecule has 0 spiro atoms. The van der Waals surface area contributed by atoms with Gasteiger partial charge in [-0.1, -0.05) is 23.7 Å². The molecule has 5 rings (SSSR count). The Bertz CT molecular complexity index is 1430. The summed E-state index contributed by atoms with van der Waals surface area (Å²) in [7, 11) is 0. The molecule has 156 valence electrons. The molecule has 1 aromatic heterocycles. The van der Waals surface area contributed by atoms with Crippen LogP contribution in [0.3, 0.4) is 0 Å². The number of H-pyrrole nitrogens is 1. The summed E-state index contributed by atoms with van der Waals surface area (Å²) in [5.41, 5.74) is 1.25. The Kier molecular flexibility index (Phi) is 3.61. The third-order valence-corrected chi connectivity index (χ3v) is 6.06. The van der Waals surface area contributed by atoms with Crippen molar-refractivity contribution in [1.29, 1.82) is 0 Å². The summed E-state index contributed by atoms with van der Waals surface area (Å²) in [6, 6.07) is 3.89. The molecule has 1 amide bonds. The van der Waals surface area contributed by atoms with Gasteiger partial charge in [0, 0.05) is 39.1 Å². The highest BCUT2D eigenvalue weighted by atomic mass is 35.5. The SMILES string of the molecule is [2H]c1c([2H])c([2H])c2c([nH]c(=O)n2CCC([2H])([2H])N2CCC(N3C(=O)Cc4cc(Cl)ccc43)CC2)c1[2H]. The van der Waals surface area contributed by atoms with Crippen molar-refractivity contribution in [1.82, 2.24) is 14.5 Å². The predicted molar refractivity (Wildman–Crippen MR) is 119 cm³/mol. The van der Waals surface area contributed by atoms with Crippen molar-refractivity contribution in [3.63, 3.8) is 0 Å². The molecule has 1 fully saturated rings. The molecule has 6 nitrogen and oxygen atoms in total. The van der Waals surface area contributed by atoms with Gasteiger partial charge in [-0.2, -0.15) is 0 Å². The lowest BCUT2D eigenvalue weighted by molar-refractivity contribution is -0.118. The Morgan fingerprint density at radius 2 is 2.00 bits per heavy atom. The Morgan fingerprint density at radius 3 is 2.83 bits per heavy atom. The Morgan fingerprint density at radius 1 is 1.20 bits per heavy atom. The predicted octanol–water partition coefficient (Wildman–Crippen LogP) is 3.43. The van der Waals surface area contributed by atoms with E-state index in [1.807, 2.05) is 17.0 Å². The molecule has 0 atom stereocenters.